The Labute approximate surface area is 94.2 Å². The van der Waals surface area contributed by atoms with Crippen LogP contribution in [0.1, 0.15) is 11.5 Å². The van der Waals surface area contributed by atoms with Crippen molar-refractivity contribution in [1.82, 2.24) is 4.90 Å². The van der Waals surface area contributed by atoms with Crippen LogP contribution in [-0.2, 0) is 4.79 Å². The molecule has 1 amide bonds. The van der Waals surface area contributed by atoms with Gasteiger partial charge in [-0.2, -0.15) is 0 Å². The van der Waals surface area contributed by atoms with Crippen LogP contribution in [0.15, 0.2) is 35.5 Å². The predicted octanol–water partition coefficient (Wildman–Crippen LogP) is 0.605. The number of carbonyl (C=O) groups excluding carboxylic acids is 1. The zero-order valence-corrected chi connectivity index (χ0v) is 9.29. The smallest absolute Gasteiger partial charge is 0.237 e. The van der Waals surface area contributed by atoms with E-state index in [1.807, 2.05) is 6.07 Å². The number of hydrogen-bond acceptors (Lipinski definition) is 3. The highest BCUT2D eigenvalue weighted by molar-refractivity contribution is 6.07. The molecule has 0 aromatic heterocycles. The number of oxime groups is 1. The molecule has 0 aliphatic rings. The van der Waals surface area contributed by atoms with Crippen molar-refractivity contribution >= 4 is 11.7 Å². The van der Waals surface area contributed by atoms with Crippen LogP contribution < -0.4 is 5.73 Å². The summed E-state index contributed by atoms with van der Waals surface area (Å²) >= 11 is 0. The first-order chi connectivity index (χ1) is 7.57. The summed E-state index contributed by atoms with van der Waals surface area (Å²) in [5, 5.41) is 11.6. The van der Waals surface area contributed by atoms with Gasteiger partial charge in [0.2, 0.25) is 5.91 Å². The number of carbonyl (C=O) groups is 1. The lowest BCUT2D eigenvalue weighted by Gasteiger charge is -2.19. The molecule has 0 saturated carbocycles. The molecule has 1 aromatic rings. The Morgan fingerprint density at radius 2 is 1.94 bits per heavy atom. The van der Waals surface area contributed by atoms with E-state index in [0.29, 0.717) is 5.56 Å². The molecular formula is C11H15N3O2. The minimum Gasteiger partial charge on any atom is -0.409 e. The molecule has 0 bridgehead atoms. The quantitative estimate of drug-likeness (QED) is 0.339. The second-order valence-corrected chi connectivity index (χ2v) is 3.60. The molecule has 5 heteroatoms. The molecule has 1 rings (SSSR count). The van der Waals surface area contributed by atoms with Gasteiger partial charge in [-0.05, 0) is 5.56 Å². The molecule has 1 unspecified atom stereocenters. The number of benzene rings is 1. The van der Waals surface area contributed by atoms with Crippen LogP contribution in [0, 0.1) is 0 Å². The maximum atomic E-state index is 11.9. The van der Waals surface area contributed by atoms with Crippen molar-refractivity contribution in [2.45, 2.75) is 5.92 Å². The molecule has 86 valence electrons. The molecule has 1 atom stereocenters. The molecule has 0 radical (unpaired) electrons. The van der Waals surface area contributed by atoms with Crippen LogP contribution in [0.25, 0.3) is 0 Å². The summed E-state index contributed by atoms with van der Waals surface area (Å²) < 4.78 is 0. The first-order valence-corrected chi connectivity index (χ1v) is 4.81. The number of hydrogen-bond donors (Lipinski definition) is 2. The fraction of sp³-hybridized carbons (Fsp3) is 0.273. The highest BCUT2D eigenvalue weighted by Crippen LogP contribution is 2.17. The van der Waals surface area contributed by atoms with Crippen molar-refractivity contribution in [3.8, 4) is 0 Å². The molecule has 0 fully saturated rings. The lowest BCUT2D eigenvalue weighted by molar-refractivity contribution is -0.128. The van der Waals surface area contributed by atoms with Gasteiger partial charge in [-0.1, -0.05) is 35.5 Å². The lowest BCUT2D eigenvalue weighted by Crippen LogP contribution is -2.36. The SMILES string of the molecule is CN(C)C(=O)C(C(N)=NO)c1ccccc1. The van der Waals surface area contributed by atoms with Crippen LogP contribution in [0.3, 0.4) is 0 Å². The summed E-state index contributed by atoms with van der Waals surface area (Å²) in [7, 11) is 3.26. The van der Waals surface area contributed by atoms with Gasteiger partial charge in [0.05, 0.1) is 0 Å². The van der Waals surface area contributed by atoms with Crippen LogP contribution >= 0.6 is 0 Å². The van der Waals surface area contributed by atoms with Gasteiger partial charge in [-0.3, -0.25) is 4.79 Å². The molecule has 0 spiro atoms. The second kappa shape index (κ2) is 5.16. The van der Waals surface area contributed by atoms with E-state index in [-0.39, 0.29) is 11.7 Å². The molecule has 5 nitrogen and oxygen atoms in total. The third-order valence-electron chi connectivity index (χ3n) is 2.23. The average Bonchev–Trinajstić information content (AvgIpc) is 2.30. The Morgan fingerprint density at radius 3 is 2.38 bits per heavy atom. The number of rotatable bonds is 3. The second-order valence-electron chi connectivity index (χ2n) is 3.60. The molecular weight excluding hydrogens is 206 g/mol. The van der Waals surface area contributed by atoms with Crippen LogP contribution in [0.4, 0.5) is 0 Å². The predicted molar refractivity (Wildman–Crippen MR) is 61.3 cm³/mol. The van der Waals surface area contributed by atoms with Crippen molar-refractivity contribution in [2.24, 2.45) is 10.9 Å². The molecule has 16 heavy (non-hydrogen) atoms. The van der Waals surface area contributed by atoms with Crippen molar-refractivity contribution < 1.29 is 10.0 Å². The lowest BCUT2D eigenvalue weighted by atomic mass is 9.97. The Balaban J connectivity index is 3.12. The third kappa shape index (κ3) is 2.50. The third-order valence-corrected chi connectivity index (χ3v) is 2.23. The summed E-state index contributed by atoms with van der Waals surface area (Å²) in [4.78, 5) is 13.3. The van der Waals surface area contributed by atoms with Gasteiger partial charge >= 0.3 is 0 Å². The standard InChI is InChI=1S/C11H15N3O2/c1-14(2)11(15)9(10(12)13-16)8-6-4-3-5-7-8/h3-7,9,16H,1-2H3,(H2,12,13). The van der Waals surface area contributed by atoms with E-state index in [0.717, 1.165) is 0 Å². The van der Waals surface area contributed by atoms with E-state index < -0.39 is 5.92 Å². The minimum atomic E-state index is -0.735. The molecule has 0 aliphatic heterocycles. The van der Waals surface area contributed by atoms with Crippen molar-refractivity contribution in [2.75, 3.05) is 14.1 Å². The largest absolute Gasteiger partial charge is 0.409 e. The normalized spacial score (nSPS) is 13.2. The topological polar surface area (TPSA) is 78.9 Å². The van der Waals surface area contributed by atoms with E-state index in [9.17, 15) is 4.79 Å². The Morgan fingerprint density at radius 1 is 1.38 bits per heavy atom. The van der Waals surface area contributed by atoms with E-state index >= 15 is 0 Å². The summed E-state index contributed by atoms with van der Waals surface area (Å²) in [6.45, 7) is 0. The summed E-state index contributed by atoms with van der Waals surface area (Å²) in [6.07, 6.45) is 0. The molecule has 0 aliphatic carbocycles. The maximum Gasteiger partial charge on any atom is 0.237 e. The summed E-state index contributed by atoms with van der Waals surface area (Å²) in [5.74, 6) is -1.06. The molecule has 0 saturated heterocycles. The minimum absolute atomic E-state index is 0.107. The first-order valence-electron chi connectivity index (χ1n) is 4.81. The number of likely N-dealkylation sites (N-methyl/N-ethyl adjacent to an activating group) is 1. The van der Waals surface area contributed by atoms with E-state index in [1.54, 1.807) is 38.4 Å². The number of amides is 1. The fourth-order valence-corrected chi connectivity index (χ4v) is 1.40. The zero-order valence-electron chi connectivity index (χ0n) is 9.29. The average molecular weight is 221 g/mol. The van der Waals surface area contributed by atoms with Gasteiger partial charge in [0.25, 0.3) is 0 Å². The van der Waals surface area contributed by atoms with Gasteiger partial charge in [0.15, 0.2) is 5.84 Å². The van der Waals surface area contributed by atoms with Crippen LogP contribution in [0.5, 0.6) is 0 Å². The van der Waals surface area contributed by atoms with E-state index in [1.165, 1.54) is 4.90 Å². The summed E-state index contributed by atoms with van der Waals surface area (Å²) in [5.41, 5.74) is 6.25. The highest BCUT2D eigenvalue weighted by Gasteiger charge is 2.26. The maximum absolute atomic E-state index is 11.9. The van der Waals surface area contributed by atoms with Gasteiger partial charge in [-0.15, -0.1) is 0 Å². The monoisotopic (exact) mass is 221 g/mol. The van der Waals surface area contributed by atoms with E-state index in [2.05, 4.69) is 5.16 Å². The Kier molecular flexibility index (Phi) is 3.88. The Hall–Kier alpha value is -2.04. The van der Waals surface area contributed by atoms with Gasteiger partial charge < -0.3 is 15.8 Å². The van der Waals surface area contributed by atoms with Gasteiger partial charge in [0, 0.05) is 14.1 Å². The molecule has 0 heterocycles. The fourth-order valence-electron chi connectivity index (χ4n) is 1.40. The Bertz CT molecular complexity index is 387. The number of nitrogens with two attached hydrogens (primary N) is 1. The molecule has 3 N–H and O–H groups in total. The first kappa shape index (κ1) is 12.0. The number of nitrogens with zero attached hydrogens (tertiary/aromatic N) is 2. The van der Waals surface area contributed by atoms with Crippen LogP contribution in [-0.4, -0.2) is 35.9 Å². The van der Waals surface area contributed by atoms with Crippen molar-refractivity contribution in [3.05, 3.63) is 35.9 Å². The zero-order chi connectivity index (χ0) is 12.1. The summed E-state index contributed by atoms with van der Waals surface area (Å²) in [6, 6.07) is 8.98. The van der Waals surface area contributed by atoms with Gasteiger partial charge in [-0.25, -0.2) is 0 Å². The van der Waals surface area contributed by atoms with E-state index in [4.69, 9.17) is 10.9 Å². The van der Waals surface area contributed by atoms with Gasteiger partial charge in [0.1, 0.15) is 5.92 Å². The highest BCUT2D eigenvalue weighted by atomic mass is 16.4. The van der Waals surface area contributed by atoms with Crippen molar-refractivity contribution in [1.29, 1.82) is 0 Å². The molecule has 1 aromatic carbocycles. The number of amidine groups is 1. The van der Waals surface area contributed by atoms with Crippen molar-refractivity contribution in [3.63, 3.8) is 0 Å². The van der Waals surface area contributed by atoms with Crippen LogP contribution in [0.2, 0.25) is 0 Å².